The number of hydrogen-bond acceptors (Lipinski definition) is 6. The Morgan fingerprint density at radius 2 is 1.90 bits per heavy atom. The standard InChI is InChI=1S/C19H24Cl2N4O4S/c1-2-5-16-22-17(29-23-16)8-4-9-18(26)24-10-12-25(13-11-24)30(27,28)15-7-3-6-14(20)19(15)21/h3,6-7H,2,4-5,8-13H2,1H3. The number of aryl methyl sites for hydroxylation is 2. The van der Waals surface area contributed by atoms with Crippen LogP contribution in [0.2, 0.25) is 10.0 Å². The van der Waals surface area contributed by atoms with E-state index in [1.165, 1.54) is 10.4 Å². The van der Waals surface area contributed by atoms with Gasteiger partial charge < -0.3 is 9.42 Å². The van der Waals surface area contributed by atoms with Gasteiger partial charge in [-0.3, -0.25) is 4.79 Å². The van der Waals surface area contributed by atoms with Gasteiger partial charge in [0.1, 0.15) is 4.90 Å². The number of rotatable bonds is 8. The highest BCUT2D eigenvalue weighted by atomic mass is 35.5. The van der Waals surface area contributed by atoms with Crippen molar-refractivity contribution < 1.29 is 17.7 Å². The van der Waals surface area contributed by atoms with Crippen LogP contribution in [-0.2, 0) is 27.7 Å². The summed E-state index contributed by atoms with van der Waals surface area (Å²) in [5, 5.41) is 4.10. The number of carbonyl (C=O) groups excluding carboxylic acids is 1. The topological polar surface area (TPSA) is 96.6 Å². The van der Waals surface area contributed by atoms with Crippen molar-refractivity contribution in [1.29, 1.82) is 0 Å². The highest BCUT2D eigenvalue weighted by molar-refractivity contribution is 7.89. The fraction of sp³-hybridized carbons (Fsp3) is 0.526. The lowest BCUT2D eigenvalue weighted by molar-refractivity contribution is -0.132. The highest BCUT2D eigenvalue weighted by Crippen LogP contribution is 2.31. The van der Waals surface area contributed by atoms with Crippen LogP contribution in [0, 0.1) is 0 Å². The average molecular weight is 475 g/mol. The minimum absolute atomic E-state index is 0.0128. The van der Waals surface area contributed by atoms with Crippen molar-refractivity contribution >= 4 is 39.1 Å². The van der Waals surface area contributed by atoms with Gasteiger partial charge in [0.15, 0.2) is 5.82 Å². The number of halogens is 2. The number of amides is 1. The van der Waals surface area contributed by atoms with Crippen LogP contribution < -0.4 is 0 Å². The molecule has 1 amide bonds. The van der Waals surface area contributed by atoms with Gasteiger partial charge in [-0.2, -0.15) is 9.29 Å². The van der Waals surface area contributed by atoms with Gasteiger partial charge >= 0.3 is 0 Å². The Balaban J connectivity index is 1.49. The molecule has 0 atom stereocenters. The Morgan fingerprint density at radius 3 is 2.60 bits per heavy atom. The molecule has 0 unspecified atom stereocenters. The molecule has 1 aliphatic heterocycles. The zero-order chi connectivity index (χ0) is 21.7. The predicted molar refractivity (Wildman–Crippen MR) is 113 cm³/mol. The highest BCUT2D eigenvalue weighted by Gasteiger charge is 2.31. The van der Waals surface area contributed by atoms with E-state index in [9.17, 15) is 13.2 Å². The molecule has 1 aliphatic rings. The van der Waals surface area contributed by atoms with Crippen LogP contribution in [-0.4, -0.2) is 59.8 Å². The average Bonchev–Trinajstić information content (AvgIpc) is 3.17. The number of carbonyl (C=O) groups is 1. The summed E-state index contributed by atoms with van der Waals surface area (Å²) >= 11 is 12.0. The van der Waals surface area contributed by atoms with Crippen molar-refractivity contribution in [2.75, 3.05) is 26.2 Å². The Kier molecular flexibility index (Phi) is 7.73. The second-order valence-corrected chi connectivity index (χ2v) is 9.74. The van der Waals surface area contributed by atoms with Crippen molar-refractivity contribution in [2.45, 2.75) is 43.9 Å². The summed E-state index contributed by atoms with van der Waals surface area (Å²) in [5.74, 6) is 1.22. The van der Waals surface area contributed by atoms with Gasteiger partial charge in [-0.05, 0) is 25.0 Å². The minimum atomic E-state index is -3.77. The summed E-state index contributed by atoms with van der Waals surface area (Å²) in [6, 6.07) is 4.53. The lowest BCUT2D eigenvalue weighted by Gasteiger charge is -2.34. The first-order valence-corrected chi connectivity index (χ1v) is 12.1. The van der Waals surface area contributed by atoms with E-state index in [4.69, 9.17) is 27.7 Å². The molecule has 0 spiro atoms. The van der Waals surface area contributed by atoms with E-state index in [-0.39, 0.29) is 33.9 Å². The zero-order valence-corrected chi connectivity index (χ0v) is 19.0. The third-order valence-electron chi connectivity index (χ3n) is 4.89. The van der Waals surface area contributed by atoms with Crippen LogP contribution in [0.4, 0.5) is 0 Å². The normalized spacial score (nSPS) is 15.5. The summed E-state index contributed by atoms with van der Waals surface area (Å²) in [6.07, 6.45) is 3.21. The maximum atomic E-state index is 12.9. The molecular weight excluding hydrogens is 451 g/mol. The molecule has 0 aliphatic carbocycles. The van der Waals surface area contributed by atoms with E-state index in [2.05, 4.69) is 10.1 Å². The maximum absolute atomic E-state index is 12.9. The van der Waals surface area contributed by atoms with Crippen molar-refractivity contribution in [2.24, 2.45) is 0 Å². The maximum Gasteiger partial charge on any atom is 0.244 e. The number of sulfonamides is 1. The largest absolute Gasteiger partial charge is 0.340 e. The molecule has 2 aromatic rings. The molecule has 0 bridgehead atoms. The molecular formula is C19H24Cl2N4O4S. The first-order chi connectivity index (χ1) is 14.3. The first kappa shape index (κ1) is 23.0. The lowest BCUT2D eigenvalue weighted by Crippen LogP contribution is -2.50. The van der Waals surface area contributed by atoms with Gasteiger partial charge in [-0.1, -0.05) is 41.3 Å². The number of nitrogens with zero attached hydrogens (tertiary/aromatic N) is 4. The van der Waals surface area contributed by atoms with E-state index in [0.717, 1.165) is 12.8 Å². The second-order valence-electron chi connectivity index (χ2n) is 7.04. The summed E-state index contributed by atoms with van der Waals surface area (Å²) in [5.41, 5.74) is 0. The molecule has 164 valence electrons. The molecule has 1 aromatic carbocycles. The Labute approximate surface area is 186 Å². The SMILES string of the molecule is CCCc1noc(CCCC(=O)N2CCN(S(=O)(=O)c3cccc(Cl)c3Cl)CC2)n1. The van der Waals surface area contributed by atoms with Crippen molar-refractivity contribution in [3.8, 4) is 0 Å². The smallest absolute Gasteiger partial charge is 0.244 e. The Hall–Kier alpha value is -1.68. The van der Waals surface area contributed by atoms with Crippen LogP contribution in [0.1, 0.15) is 37.9 Å². The summed E-state index contributed by atoms with van der Waals surface area (Å²) in [4.78, 5) is 18.4. The van der Waals surface area contributed by atoms with Crippen molar-refractivity contribution in [3.63, 3.8) is 0 Å². The molecule has 1 saturated heterocycles. The molecule has 8 nitrogen and oxygen atoms in total. The zero-order valence-electron chi connectivity index (χ0n) is 16.7. The molecule has 0 N–H and O–H groups in total. The molecule has 1 fully saturated rings. The van der Waals surface area contributed by atoms with Crippen LogP contribution in [0.3, 0.4) is 0 Å². The summed E-state index contributed by atoms with van der Waals surface area (Å²) < 4.78 is 32.3. The third-order valence-corrected chi connectivity index (χ3v) is 7.76. The van der Waals surface area contributed by atoms with Gasteiger partial charge in [0, 0.05) is 45.4 Å². The van der Waals surface area contributed by atoms with E-state index in [0.29, 0.717) is 44.1 Å². The van der Waals surface area contributed by atoms with E-state index in [1.54, 1.807) is 17.0 Å². The van der Waals surface area contributed by atoms with Crippen LogP contribution >= 0.6 is 23.2 Å². The summed E-state index contributed by atoms with van der Waals surface area (Å²) in [7, 11) is -3.77. The monoisotopic (exact) mass is 474 g/mol. The number of piperazine rings is 1. The first-order valence-electron chi connectivity index (χ1n) is 9.86. The minimum Gasteiger partial charge on any atom is -0.340 e. The fourth-order valence-corrected chi connectivity index (χ4v) is 5.42. The van der Waals surface area contributed by atoms with E-state index in [1.807, 2.05) is 6.92 Å². The molecule has 2 heterocycles. The quantitative estimate of drug-likeness (QED) is 0.582. The van der Waals surface area contributed by atoms with E-state index >= 15 is 0 Å². The van der Waals surface area contributed by atoms with E-state index < -0.39 is 10.0 Å². The Morgan fingerprint density at radius 1 is 1.17 bits per heavy atom. The van der Waals surface area contributed by atoms with Gasteiger partial charge in [-0.25, -0.2) is 8.42 Å². The molecule has 3 rings (SSSR count). The van der Waals surface area contributed by atoms with Crippen LogP contribution in [0.25, 0.3) is 0 Å². The second kappa shape index (κ2) is 10.1. The number of aromatic nitrogens is 2. The summed E-state index contributed by atoms with van der Waals surface area (Å²) in [6.45, 7) is 3.13. The van der Waals surface area contributed by atoms with Crippen molar-refractivity contribution in [1.82, 2.24) is 19.3 Å². The van der Waals surface area contributed by atoms with Gasteiger partial charge in [0.25, 0.3) is 0 Å². The van der Waals surface area contributed by atoms with Gasteiger partial charge in [0.05, 0.1) is 10.0 Å². The molecule has 0 radical (unpaired) electrons. The number of hydrogen-bond donors (Lipinski definition) is 0. The molecule has 0 saturated carbocycles. The van der Waals surface area contributed by atoms with Crippen LogP contribution in [0.15, 0.2) is 27.6 Å². The fourth-order valence-electron chi connectivity index (χ4n) is 3.27. The van der Waals surface area contributed by atoms with Crippen molar-refractivity contribution in [3.05, 3.63) is 40.0 Å². The number of benzene rings is 1. The van der Waals surface area contributed by atoms with Crippen LogP contribution in [0.5, 0.6) is 0 Å². The van der Waals surface area contributed by atoms with Gasteiger partial charge in [0.2, 0.25) is 21.8 Å². The third kappa shape index (κ3) is 5.32. The molecule has 11 heteroatoms. The Bertz CT molecular complexity index is 988. The molecule has 1 aromatic heterocycles. The predicted octanol–water partition coefficient (Wildman–Crippen LogP) is 3.18. The molecule has 30 heavy (non-hydrogen) atoms. The lowest BCUT2D eigenvalue weighted by atomic mass is 10.2. The van der Waals surface area contributed by atoms with Gasteiger partial charge in [-0.15, -0.1) is 0 Å².